The van der Waals surface area contributed by atoms with Gasteiger partial charge in [0.05, 0.1) is 0 Å². The van der Waals surface area contributed by atoms with E-state index in [1.165, 1.54) is 12.8 Å². The average Bonchev–Trinajstić information content (AvgIpc) is 2.43. The first-order valence-corrected chi connectivity index (χ1v) is 8.23. The lowest BCUT2D eigenvalue weighted by atomic mass is 9.91. The quantitative estimate of drug-likeness (QED) is 0.776. The maximum absolute atomic E-state index is 11.9. The molecule has 1 fully saturated rings. The summed E-state index contributed by atoms with van der Waals surface area (Å²) in [5.41, 5.74) is 0. The summed E-state index contributed by atoms with van der Waals surface area (Å²) in [5.74, 6) is 0.875. The molecule has 0 aromatic carbocycles. The molecule has 1 aliphatic heterocycles. The molecule has 0 bridgehead atoms. The fraction of sp³-hybridized carbons (Fsp3) is 0.938. The second kappa shape index (κ2) is 8.63. The topological polar surface area (TPSA) is 35.6 Å². The number of carbonyl (C=O) groups is 1. The highest BCUT2D eigenvalue weighted by Crippen LogP contribution is 2.21. The van der Waals surface area contributed by atoms with Crippen molar-refractivity contribution in [3.63, 3.8) is 0 Å². The molecule has 0 aromatic heterocycles. The van der Waals surface area contributed by atoms with E-state index in [4.69, 9.17) is 0 Å². The van der Waals surface area contributed by atoms with Crippen molar-refractivity contribution in [2.45, 2.75) is 59.5 Å². The van der Waals surface area contributed by atoms with Gasteiger partial charge < -0.3 is 10.2 Å². The number of hydrogen-bond donors (Lipinski definition) is 1. The Labute approximate surface area is 124 Å². The van der Waals surface area contributed by atoms with E-state index in [9.17, 15) is 4.79 Å². The van der Waals surface area contributed by atoms with Gasteiger partial charge in [-0.1, -0.05) is 26.7 Å². The molecule has 0 unspecified atom stereocenters. The first-order valence-electron chi connectivity index (χ1n) is 8.23. The number of nitrogens with zero attached hydrogens (tertiary/aromatic N) is 2. The Balaban J connectivity index is 2.82. The molecule has 4 nitrogen and oxygen atoms in total. The second-order valence-corrected chi connectivity index (χ2v) is 6.20. The number of hydrogen-bond acceptors (Lipinski definition) is 3. The van der Waals surface area contributed by atoms with E-state index in [1.54, 1.807) is 6.92 Å². The largest absolute Gasteiger partial charge is 0.339 e. The number of piperazine rings is 1. The van der Waals surface area contributed by atoms with Crippen molar-refractivity contribution < 1.29 is 4.79 Å². The molecule has 0 aliphatic carbocycles. The third-order valence-corrected chi connectivity index (χ3v) is 4.63. The maximum Gasteiger partial charge on any atom is 0.219 e. The Morgan fingerprint density at radius 2 is 1.75 bits per heavy atom. The molecule has 0 aromatic rings. The molecule has 0 spiro atoms. The predicted molar refractivity (Wildman–Crippen MR) is 84.8 cm³/mol. The summed E-state index contributed by atoms with van der Waals surface area (Å²) in [6.07, 6.45) is 2.38. The number of amides is 1. The Morgan fingerprint density at radius 1 is 1.20 bits per heavy atom. The standard InChI is InChI=1S/C16H33N3O/c1-6-15(7-2)16(18-10-8-17-9-11-18)12-19(13(3)4)14(5)20/h13,15-17H,6-12H2,1-5H3/t16-/m1/s1. The number of nitrogens with one attached hydrogen (secondary N) is 1. The third-order valence-electron chi connectivity index (χ3n) is 4.63. The molecule has 1 amide bonds. The van der Waals surface area contributed by atoms with Gasteiger partial charge in [0.2, 0.25) is 5.91 Å². The maximum atomic E-state index is 11.9. The summed E-state index contributed by atoms with van der Waals surface area (Å²) in [6.45, 7) is 15.7. The minimum Gasteiger partial charge on any atom is -0.339 e. The molecule has 1 heterocycles. The zero-order valence-corrected chi connectivity index (χ0v) is 14.0. The van der Waals surface area contributed by atoms with Crippen molar-refractivity contribution in [1.29, 1.82) is 0 Å². The van der Waals surface area contributed by atoms with E-state index >= 15 is 0 Å². The van der Waals surface area contributed by atoms with E-state index in [1.807, 2.05) is 4.90 Å². The van der Waals surface area contributed by atoms with Crippen molar-refractivity contribution >= 4 is 5.91 Å². The Kier molecular flexibility index (Phi) is 7.52. The van der Waals surface area contributed by atoms with Gasteiger partial charge in [-0.2, -0.15) is 0 Å². The first-order chi connectivity index (χ1) is 9.51. The average molecular weight is 283 g/mol. The fourth-order valence-electron chi connectivity index (χ4n) is 3.31. The highest BCUT2D eigenvalue weighted by atomic mass is 16.2. The molecule has 4 heteroatoms. The summed E-state index contributed by atoms with van der Waals surface area (Å²) < 4.78 is 0. The van der Waals surface area contributed by atoms with Gasteiger partial charge in [0.25, 0.3) is 0 Å². The predicted octanol–water partition coefficient (Wildman–Crippen LogP) is 1.95. The van der Waals surface area contributed by atoms with Gasteiger partial charge in [0.15, 0.2) is 0 Å². The first kappa shape index (κ1) is 17.4. The van der Waals surface area contributed by atoms with Gasteiger partial charge in [-0.25, -0.2) is 0 Å². The number of rotatable bonds is 7. The molecule has 118 valence electrons. The van der Waals surface area contributed by atoms with Gasteiger partial charge in [0.1, 0.15) is 0 Å². The summed E-state index contributed by atoms with van der Waals surface area (Å²) in [5, 5.41) is 3.42. The molecule has 20 heavy (non-hydrogen) atoms. The van der Waals surface area contributed by atoms with Crippen LogP contribution in [0.2, 0.25) is 0 Å². The molecule has 0 saturated carbocycles. The van der Waals surface area contributed by atoms with Crippen LogP contribution >= 0.6 is 0 Å². The fourth-order valence-corrected chi connectivity index (χ4v) is 3.31. The van der Waals surface area contributed by atoms with Crippen molar-refractivity contribution in [3.05, 3.63) is 0 Å². The van der Waals surface area contributed by atoms with Crippen LogP contribution in [0.15, 0.2) is 0 Å². The van der Waals surface area contributed by atoms with Gasteiger partial charge in [-0.05, 0) is 19.8 Å². The second-order valence-electron chi connectivity index (χ2n) is 6.20. The van der Waals surface area contributed by atoms with Crippen molar-refractivity contribution in [1.82, 2.24) is 15.1 Å². The summed E-state index contributed by atoms with van der Waals surface area (Å²) in [4.78, 5) is 16.5. The van der Waals surface area contributed by atoms with Crippen LogP contribution in [-0.2, 0) is 4.79 Å². The highest BCUT2D eigenvalue weighted by molar-refractivity contribution is 5.73. The summed E-state index contributed by atoms with van der Waals surface area (Å²) in [6, 6.07) is 0.783. The molecule has 1 rings (SSSR count). The number of carbonyl (C=O) groups excluding carboxylic acids is 1. The molecule has 0 radical (unpaired) electrons. The molecular weight excluding hydrogens is 250 g/mol. The van der Waals surface area contributed by atoms with E-state index < -0.39 is 0 Å². The Bertz CT molecular complexity index is 283. The minimum atomic E-state index is 0.200. The van der Waals surface area contributed by atoms with Crippen molar-refractivity contribution in [2.75, 3.05) is 32.7 Å². The van der Waals surface area contributed by atoms with E-state index in [0.29, 0.717) is 12.0 Å². The van der Waals surface area contributed by atoms with Crippen LogP contribution in [0.25, 0.3) is 0 Å². The normalized spacial score (nSPS) is 18.6. The summed E-state index contributed by atoms with van der Waals surface area (Å²) >= 11 is 0. The van der Waals surface area contributed by atoms with Crippen LogP contribution in [0, 0.1) is 5.92 Å². The lowest BCUT2D eigenvalue weighted by molar-refractivity contribution is -0.131. The Morgan fingerprint density at radius 3 is 2.15 bits per heavy atom. The molecule has 1 saturated heterocycles. The molecule has 1 atom stereocenters. The van der Waals surface area contributed by atoms with Crippen LogP contribution in [0.4, 0.5) is 0 Å². The van der Waals surface area contributed by atoms with Gasteiger partial charge in [-0.3, -0.25) is 9.69 Å². The van der Waals surface area contributed by atoms with E-state index in [0.717, 1.165) is 32.7 Å². The highest BCUT2D eigenvalue weighted by Gasteiger charge is 2.29. The molecule has 1 N–H and O–H groups in total. The Hall–Kier alpha value is -0.610. The smallest absolute Gasteiger partial charge is 0.219 e. The van der Waals surface area contributed by atoms with Gasteiger partial charge in [-0.15, -0.1) is 0 Å². The van der Waals surface area contributed by atoms with E-state index in [2.05, 4.69) is 37.9 Å². The van der Waals surface area contributed by atoms with Crippen LogP contribution in [0.5, 0.6) is 0 Å². The summed E-state index contributed by atoms with van der Waals surface area (Å²) in [7, 11) is 0. The lowest BCUT2D eigenvalue weighted by Gasteiger charge is -2.42. The van der Waals surface area contributed by atoms with E-state index in [-0.39, 0.29) is 11.9 Å². The zero-order valence-electron chi connectivity index (χ0n) is 14.0. The van der Waals surface area contributed by atoms with Crippen molar-refractivity contribution in [3.8, 4) is 0 Å². The van der Waals surface area contributed by atoms with Crippen LogP contribution in [0.1, 0.15) is 47.5 Å². The molecular formula is C16H33N3O. The third kappa shape index (κ3) is 4.74. The van der Waals surface area contributed by atoms with Crippen LogP contribution < -0.4 is 5.32 Å². The van der Waals surface area contributed by atoms with Crippen LogP contribution in [-0.4, -0.2) is 60.5 Å². The molecule has 1 aliphatic rings. The monoisotopic (exact) mass is 283 g/mol. The van der Waals surface area contributed by atoms with Gasteiger partial charge >= 0.3 is 0 Å². The van der Waals surface area contributed by atoms with Crippen molar-refractivity contribution in [2.24, 2.45) is 5.92 Å². The van der Waals surface area contributed by atoms with Crippen LogP contribution in [0.3, 0.4) is 0 Å². The lowest BCUT2D eigenvalue weighted by Crippen LogP contribution is -2.56. The minimum absolute atomic E-state index is 0.200. The SMILES string of the molecule is CCC(CC)[C@@H](CN(C(C)=O)C(C)C)N1CCNCC1. The zero-order chi connectivity index (χ0) is 15.1. The van der Waals surface area contributed by atoms with Gasteiger partial charge in [0, 0.05) is 51.7 Å².